The van der Waals surface area contributed by atoms with Gasteiger partial charge in [0.1, 0.15) is 0 Å². The quantitative estimate of drug-likeness (QED) is 0.583. The van der Waals surface area contributed by atoms with Crippen molar-refractivity contribution >= 4 is 10.1 Å². The molecule has 6 heteroatoms. The molecule has 0 aromatic heterocycles. The zero-order chi connectivity index (χ0) is 19.1. The van der Waals surface area contributed by atoms with E-state index in [1.807, 2.05) is 60.7 Å². The van der Waals surface area contributed by atoms with E-state index in [9.17, 15) is 13.0 Å². The maximum Gasteiger partial charge on any atom is 0.0975 e. The second-order valence-electron chi connectivity index (χ2n) is 7.11. The number of rotatable bonds is 10. The van der Waals surface area contributed by atoms with Crippen LogP contribution in [0.15, 0.2) is 60.7 Å². The molecule has 0 bridgehead atoms. The van der Waals surface area contributed by atoms with Crippen molar-refractivity contribution < 1.29 is 22.4 Å². The lowest BCUT2D eigenvalue weighted by atomic mass is 9.76. The van der Waals surface area contributed by atoms with Crippen LogP contribution in [0.3, 0.4) is 0 Å². The Morgan fingerprint density at radius 1 is 0.852 bits per heavy atom. The first kappa shape index (κ1) is 20.0. The predicted molar refractivity (Wildman–Crippen MR) is 102 cm³/mol. The van der Waals surface area contributed by atoms with E-state index in [0.29, 0.717) is 39.3 Å². The van der Waals surface area contributed by atoms with E-state index < -0.39 is 15.4 Å². The third-order valence-electron chi connectivity index (χ3n) is 5.09. The minimum absolute atomic E-state index is 0.0791. The van der Waals surface area contributed by atoms with Gasteiger partial charge in [0.15, 0.2) is 0 Å². The molecule has 146 valence electrons. The Balaban J connectivity index is 1.50. The van der Waals surface area contributed by atoms with Crippen LogP contribution in [-0.2, 0) is 32.8 Å². The summed E-state index contributed by atoms with van der Waals surface area (Å²) in [4.78, 5) is 0. The molecule has 0 atom stereocenters. The molecule has 27 heavy (non-hydrogen) atoms. The van der Waals surface area contributed by atoms with Gasteiger partial charge in [0.25, 0.3) is 0 Å². The average molecular weight is 389 g/mol. The molecule has 1 aliphatic rings. The van der Waals surface area contributed by atoms with Crippen molar-refractivity contribution in [2.45, 2.75) is 31.3 Å². The first-order valence-electron chi connectivity index (χ1n) is 9.20. The topological polar surface area (TPSA) is 75.7 Å². The van der Waals surface area contributed by atoms with Crippen LogP contribution in [0.4, 0.5) is 0 Å². The Kier molecular flexibility index (Phi) is 7.01. The van der Waals surface area contributed by atoms with Gasteiger partial charge in [-0.05, 0) is 29.9 Å². The normalized spacial score (nSPS) is 19.8. The van der Waals surface area contributed by atoms with Gasteiger partial charge in [-0.15, -0.1) is 0 Å². The third-order valence-corrected chi connectivity index (χ3v) is 6.29. The fraction of sp³-hybridized carbons (Fsp3) is 0.429. The van der Waals surface area contributed by atoms with Gasteiger partial charge >= 0.3 is 0 Å². The fourth-order valence-electron chi connectivity index (χ4n) is 3.35. The molecule has 2 aromatic carbocycles. The molecule has 0 saturated heterocycles. The highest BCUT2D eigenvalue weighted by atomic mass is 32.2. The molecule has 0 heterocycles. The van der Waals surface area contributed by atoms with E-state index in [1.165, 1.54) is 0 Å². The van der Waals surface area contributed by atoms with Crippen LogP contribution in [0.5, 0.6) is 0 Å². The zero-order valence-electron chi connectivity index (χ0n) is 15.2. The summed E-state index contributed by atoms with van der Waals surface area (Å²) in [6, 6.07) is 19.8. The molecule has 2 aromatic rings. The summed E-state index contributed by atoms with van der Waals surface area (Å²) in [5.41, 5.74) is 2.19. The molecule has 0 unspecified atom stereocenters. The Labute approximate surface area is 161 Å². The average Bonchev–Trinajstić information content (AvgIpc) is 2.61. The molecule has 3 rings (SSSR count). The van der Waals surface area contributed by atoms with E-state index >= 15 is 0 Å². The van der Waals surface area contributed by atoms with Gasteiger partial charge in [-0.1, -0.05) is 60.7 Å². The van der Waals surface area contributed by atoms with Gasteiger partial charge in [-0.2, -0.15) is 0 Å². The van der Waals surface area contributed by atoms with Crippen LogP contribution < -0.4 is 0 Å². The second-order valence-corrected chi connectivity index (χ2v) is 8.76. The standard InChI is InChI=1S/C21H26O5S/c22-27(23,24)21-11-19(12-21)20(15-25-13-17-7-3-1-4-8-17)16-26-14-18-9-5-2-6-10-18/h1-10,19-21H,11-16H2,(H,22,23,24)/p-1. The summed E-state index contributed by atoms with van der Waals surface area (Å²) in [6.07, 6.45) is 0.805. The lowest BCUT2D eigenvalue weighted by Crippen LogP contribution is -2.42. The van der Waals surface area contributed by atoms with Crippen molar-refractivity contribution in [3.63, 3.8) is 0 Å². The van der Waals surface area contributed by atoms with Crippen LogP contribution >= 0.6 is 0 Å². The highest BCUT2D eigenvalue weighted by molar-refractivity contribution is 7.86. The van der Waals surface area contributed by atoms with E-state index in [-0.39, 0.29) is 11.8 Å². The Morgan fingerprint density at radius 2 is 1.30 bits per heavy atom. The van der Waals surface area contributed by atoms with Crippen LogP contribution in [0.1, 0.15) is 24.0 Å². The number of hydrogen-bond acceptors (Lipinski definition) is 5. The molecule has 1 aliphatic carbocycles. The van der Waals surface area contributed by atoms with Crippen LogP contribution in [0, 0.1) is 11.8 Å². The molecule has 0 aliphatic heterocycles. The van der Waals surface area contributed by atoms with E-state index in [0.717, 1.165) is 11.1 Å². The van der Waals surface area contributed by atoms with Gasteiger partial charge in [0.05, 0.1) is 41.8 Å². The van der Waals surface area contributed by atoms with Crippen molar-refractivity contribution in [2.24, 2.45) is 11.8 Å². The lowest BCUT2D eigenvalue weighted by molar-refractivity contribution is -0.0115. The smallest absolute Gasteiger partial charge is 0.0975 e. The van der Waals surface area contributed by atoms with Crippen molar-refractivity contribution in [3.8, 4) is 0 Å². The molecule has 1 fully saturated rings. The summed E-state index contributed by atoms with van der Waals surface area (Å²) in [7, 11) is -4.19. The highest BCUT2D eigenvalue weighted by Crippen LogP contribution is 2.38. The third kappa shape index (κ3) is 6.14. The maximum absolute atomic E-state index is 11.2. The largest absolute Gasteiger partial charge is 0.748 e. The van der Waals surface area contributed by atoms with Crippen molar-refractivity contribution in [1.29, 1.82) is 0 Å². The zero-order valence-corrected chi connectivity index (χ0v) is 16.0. The summed E-state index contributed by atoms with van der Waals surface area (Å²) in [5.74, 6) is 0.223. The van der Waals surface area contributed by atoms with Gasteiger partial charge in [0.2, 0.25) is 0 Å². The summed E-state index contributed by atoms with van der Waals surface area (Å²) < 4.78 is 45.2. The van der Waals surface area contributed by atoms with Crippen molar-refractivity contribution in [2.75, 3.05) is 13.2 Å². The Morgan fingerprint density at radius 3 is 1.70 bits per heavy atom. The fourth-order valence-corrected chi connectivity index (χ4v) is 4.32. The summed E-state index contributed by atoms with van der Waals surface area (Å²) >= 11 is 0. The van der Waals surface area contributed by atoms with Gasteiger partial charge in [0, 0.05) is 5.92 Å². The minimum atomic E-state index is -4.19. The minimum Gasteiger partial charge on any atom is -0.748 e. The van der Waals surface area contributed by atoms with E-state index in [1.54, 1.807) is 0 Å². The van der Waals surface area contributed by atoms with Crippen molar-refractivity contribution in [1.82, 2.24) is 0 Å². The SMILES string of the molecule is O=S(=O)([O-])C1CC(C(COCc2ccccc2)COCc2ccccc2)C1. The second kappa shape index (κ2) is 9.46. The predicted octanol–water partition coefficient (Wildman–Crippen LogP) is 3.36. The molecular weight excluding hydrogens is 364 g/mol. The van der Waals surface area contributed by atoms with E-state index in [4.69, 9.17) is 9.47 Å². The van der Waals surface area contributed by atoms with Crippen LogP contribution in [0.2, 0.25) is 0 Å². The van der Waals surface area contributed by atoms with Gasteiger partial charge < -0.3 is 14.0 Å². The van der Waals surface area contributed by atoms with Crippen LogP contribution in [0.25, 0.3) is 0 Å². The lowest BCUT2D eigenvalue weighted by Gasteiger charge is -2.41. The maximum atomic E-state index is 11.2. The summed E-state index contributed by atoms with van der Waals surface area (Å²) in [5, 5.41) is -0.756. The Bertz CT molecular complexity index is 740. The first-order valence-corrected chi connectivity index (χ1v) is 10.7. The molecule has 1 saturated carbocycles. The molecule has 0 N–H and O–H groups in total. The molecule has 0 radical (unpaired) electrons. The van der Waals surface area contributed by atoms with E-state index in [2.05, 4.69) is 0 Å². The first-order chi connectivity index (χ1) is 13.0. The molecular formula is C21H25O5S-. The molecule has 5 nitrogen and oxygen atoms in total. The monoisotopic (exact) mass is 389 g/mol. The molecule has 0 spiro atoms. The van der Waals surface area contributed by atoms with Crippen LogP contribution in [-0.4, -0.2) is 31.4 Å². The number of ether oxygens (including phenoxy) is 2. The Hall–Kier alpha value is -1.73. The van der Waals surface area contributed by atoms with Crippen molar-refractivity contribution in [3.05, 3.63) is 71.8 Å². The van der Waals surface area contributed by atoms with Gasteiger partial charge in [-0.3, -0.25) is 0 Å². The number of benzene rings is 2. The number of hydrogen-bond donors (Lipinski definition) is 0. The highest BCUT2D eigenvalue weighted by Gasteiger charge is 2.38. The molecule has 0 amide bonds. The van der Waals surface area contributed by atoms with Gasteiger partial charge in [-0.25, -0.2) is 8.42 Å². The summed E-state index contributed by atoms with van der Waals surface area (Å²) in [6.45, 7) is 1.98.